The normalized spacial score (nSPS) is 20.5. The van der Waals surface area contributed by atoms with E-state index in [0.717, 1.165) is 0 Å². The van der Waals surface area contributed by atoms with Crippen LogP contribution in [0.15, 0.2) is 22.7 Å². The molecule has 2 atom stereocenters. The standard InChI is InChI=1S/C15H19BN2O7S/c1-9(19)7-10-4-5-12(16(23)25-10)17-15(22)14(11-3-2-6-26-11)18-24-8-13(20)21/h2-3,6,10,12,23H,4-5,7-8H2,1H3,(H,17,22)(H,20,21)/b18-14+/t10-,12-/m0/s1. The lowest BCUT2D eigenvalue weighted by molar-refractivity contribution is -0.142. The molecule has 0 bridgehead atoms. The highest BCUT2D eigenvalue weighted by Gasteiger charge is 2.37. The van der Waals surface area contributed by atoms with Crippen LogP contribution in [0.4, 0.5) is 0 Å². The Bertz CT molecular complexity index is 680. The van der Waals surface area contributed by atoms with Crippen LogP contribution in [0, 0.1) is 0 Å². The van der Waals surface area contributed by atoms with Crippen LogP contribution >= 0.6 is 11.3 Å². The van der Waals surface area contributed by atoms with E-state index < -0.39 is 31.5 Å². The number of nitrogens with one attached hydrogen (secondary N) is 1. The number of aliphatic carboxylic acids is 1. The Morgan fingerprint density at radius 1 is 1.46 bits per heavy atom. The second-order valence-electron chi connectivity index (χ2n) is 5.80. The van der Waals surface area contributed by atoms with Gasteiger partial charge in [0.2, 0.25) is 6.61 Å². The van der Waals surface area contributed by atoms with Crippen molar-refractivity contribution in [2.45, 2.75) is 38.2 Å². The molecule has 0 aromatic carbocycles. The highest BCUT2D eigenvalue weighted by atomic mass is 32.1. The Hall–Kier alpha value is -2.24. The summed E-state index contributed by atoms with van der Waals surface area (Å²) in [6, 6.07) is 3.36. The molecule has 11 heteroatoms. The van der Waals surface area contributed by atoms with E-state index in [1.54, 1.807) is 17.5 Å². The maximum Gasteiger partial charge on any atom is 0.478 e. The van der Waals surface area contributed by atoms with Gasteiger partial charge in [-0.1, -0.05) is 11.2 Å². The minimum Gasteiger partial charge on any atom is -0.479 e. The first-order valence-electron chi connectivity index (χ1n) is 7.96. The fraction of sp³-hybridized carbons (Fsp3) is 0.467. The molecule has 1 aliphatic rings. The molecular weight excluding hydrogens is 363 g/mol. The highest BCUT2D eigenvalue weighted by Crippen LogP contribution is 2.19. The number of carboxylic acids is 1. The molecule has 1 aromatic rings. The van der Waals surface area contributed by atoms with Crippen molar-refractivity contribution in [2.24, 2.45) is 5.16 Å². The quantitative estimate of drug-likeness (QED) is 0.332. The molecule has 1 saturated heterocycles. The maximum atomic E-state index is 12.5. The zero-order chi connectivity index (χ0) is 19.1. The third kappa shape index (κ3) is 5.93. The molecule has 1 aromatic heterocycles. The van der Waals surface area contributed by atoms with Crippen LogP contribution in [-0.2, 0) is 23.9 Å². The first-order valence-corrected chi connectivity index (χ1v) is 8.84. The van der Waals surface area contributed by atoms with Crippen molar-refractivity contribution in [3.05, 3.63) is 22.4 Å². The summed E-state index contributed by atoms with van der Waals surface area (Å²) in [5.74, 6) is -2.54. The first-order chi connectivity index (χ1) is 12.4. The van der Waals surface area contributed by atoms with E-state index in [1.807, 2.05) is 0 Å². The van der Waals surface area contributed by atoms with Gasteiger partial charge in [0.15, 0.2) is 5.71 Å². The number of carbonyl (C=O) groups is 3. The van der Waals surface area contributed by atoms with Gasteiger partial charge in [-0.15, -0.1) is 11.3 Å². The summed E-state index contributed by atoms with van der Waals surface area (Å²) in [5, 5.41) is 26.7. The summed E-state index contributed by atoms with van der Waals surface area (Å²) in [4.78, 5) is 39.4. The van der Waals surface area contributed by atoms with Gasteiger partial charge < -0.3 is 24.9 Å². The van der Waals surface area contributed by atoms with Crippen molar-refractivity contribution >= 4 is 41.8 Å². The van der Waals surface area contributed by atoms with E-state index >= 15 is 0 Å². The molecule has 0 unspecified atom stereocenters. The lowest BCUT2D eigenvalue weighted by Crippen LogP contribution is -2.54. The minimum atomic E-state index is -1.25. The van der Waals surface area contributed by atoms with Crippen LogP contribution in [-0.4, -0.2) is 59.3 Å². The van der Waals surface area contributed by atoms with Gasteiger partial charge in [0.05, 0.1) is 10.8 Å². The predicted octanol–water partition coefficient (Wildman–Crippen LogP) is 0.216. The van der Waals surface area contributed by atoms with Gasteiger partial charge in [0, 0.05) is 12.5 Å². The number of rotatable bonds is 8. The predicted molar refractivity (Wildman–Crippen MR) is 93.8 cm³/mol. The van der Waals surface area contributed by atoms with E-state index in [1.165, 1.54) is 18.3 Å². The van der Waals surface area contributed by atoms with E-state index in [4.69, 9.17) is 9.76 Å². The van der Waals surface area contributed by atoms with Crippen molar-refractivity contribution in [1.82, 2.24) is 5.32 Å². The molecule has 0 radical (unpaired) electrons. The van der Waals surface area contributed by atoms with Crippen LogP contribution in [0.2, 0.25) is 0 Å². The summed E-state index contributed by atoms with van der Waals surface area (Å²) in [6.45, 7) is 0.772. The number of hydrogen-bond acceptors (Lipinski definition) is 8. The Morgan fingerprint density at radius 2 is 2.23 bits per heavy atom. The van der Waals surface area contributed by atoms with Crippen LogP contribution in [0.3, 0.4) is 0 Å². The van der Waals surface area contributed by atoms with E-state index in [2.05, 4.69) is 15.3 Å². The molecule has 2 rings (SSSR count). The number of thiophene rings is 1. The Balaban J connectivity index is 2.00. The van der Waals surface area contributed by atoms with Crippen LogP contribution < -0.4 is 5.32 Å². The van der Waals surface area contributed by atoms with Crippen LogP contribution in [0.1, 0.15) is 31.1 Å². The molecule has 9 nitrogen and oxygen atoms in total. The average Bonchev–Trinajstić information content (AvgIpc) is 3.07. The number of carboxylic acid groups (broad SMARTS) is 1. The summed E-state index contributed by atoms with van der Waals surface area (Å²) in [5.41, 5.74) is -0.0840. The molecule has 2 heterocycles. The van der Waals surface area contributed by atoms with E-state index in [-0.39, 0.29) is 24.0 Å². The zero-order valence-corrected chi connectivity index (χ0v) is 14.9. The fourth-order valence-electron chi connectivity index (χ4n) is 2.48. The largest absolute Gasteiger partial charge is 0.479 e. The third-order valence-electron chi connectivity index (χ3n) is 3.62. The van der Waals surface area contributed by atoms with Crippen molar-refractivity contribution in [2.75, 3.05) is 6.61 Å². The second-order valence-corrected chi connectivity index (χ2v) is 6.74. The lowest BCUT2D eigenvalue weighted by Gasteiger charge is -2.31. The van der Waals surface area contributed by atoms with Crippen molar-refractivity contribution in [3.63, 3.8) is 0 Å². The molecule has 26 heavy (non-hydrogen) atoms. The summed E-state index contributed by atoms with van der Waals surface area (Å²) >= 11 is 1.24. The minimum absolute atomic E-state index is 0.0348. The lowest BCUT2D eigenvalue weighted by atomic mass is 9.72. The third-order valence-corrected chi connectivity index (χ3v) is 4.50. The number of Topliss-reactive ketones (excluding diaryl/α,β-unsaturated/α-hetero) is 1. The maximum absolute atomic E-state index is 12.5. The Labute approximate surface area is 154 Å². The molecule has 0 aliphatic carbocycles. The highest BCUT2D eigenvalue weighted by molar-refractivity contribution is 7.13. The first kappa shape index (κ1) is 20.1. The molecule has 1 aliphatic heterocycles. The fourth-order valence-corrected chi connectivity index (χ4v) is 3.19. The number of nitrogens with zero attached hydrogens (tertiary/aromatic N) is 1. The summed E-state index contributed by atoms with van der Waals surface area (Å²) < 4.78 is 5.37. The second kappa shape index (κ2) is 9.46. The van der Waals surface area contributed by atoms with Gasteiger partial charge in [-0.25, -0.2) is 4.79 Å². The van der Waals surface area contributed by atoms with Crippen molar-refractivity contribution in [1.29, 1.82) is 0 Å². The number of ketones is 1. The van der Waals surface area contributed by atoms with E-state index in [9.17, 15) is 19.4 Å². The smallest absolute Gasteiger partial charge is 0.478 e. The zero-order valence-electron chi connectivity index (χ0n) is 14.1. The van der Waals surface area contributed by atoms with Crippen LogP contribution in [0.25, 0.3) is 0 Å². The molecular formula is C15H19BN2O7S. The van der Waals surface area contributed by atoms with E-state index in [0.29, 0.717) is 17.7 Å². The molecule has 0 spiro atoms. The number of hydrogen-bond donors (Lipinski definition) is 3. The monoisotopic (exact) mass is 382 g/mol. The average molecular weight is 382 g/mol. The van der Waals surface area contributed by atoms with Gasteiger partial charge in [-0.3, -0.25) is 9.59 Å². The number of carbonyl (C=O) groups excluding carboxylic acids is 2. The molecule has 0 saturated carbocycles. The molecule has 140 valence electrons. The number of amides is 1. The number of oxime groups is 1. The summed E-state index contributed by atoms with van der Waals surface area (Å²) in [6.07, 6.45) is 0.782. The van der Waals surface area contributed by atoms with Gasteiger partial charge in [-0.2, -0.15) is 0 Å². The van der Waals surface area contributed by atoms with Crippen molar-refractivity contribution in [3.8, 4) is 0 Å². The topological polar surface area (TPSA) is 135 Å². The Kier molecular flexibility index (Phi) is 7.31. The SMILES string of the molecule is CC(=O)C[C@@H]1CC[C@H](NC(=O)/C(=N/OCC(=O)O)c2cccs2)B(O)O1. The van der Waals surface area contributed by atoms with Crippen molar-refractivity contribution < 1.29 is 34.0 Å². The Morgan fingerprint density at radius 3 is 2.81 bits per heavy atom. The van der Waals surface area contributed by atoms with Gasteiger partial charge in [-0.05, 0) is 31.2 Å². The molecule has 3 N–H and O–H groups in total. The van der Waals surface area contributed by atoms with Crippen LogP contribution in [0.5, 0.6) is 0 Å². The summed E-state index contributed by atoms with van der Waals surface area (Å²) in [7, 11) is -1.25. The van der Waals surface area contributed by atoms with Gasteiger partial charge in [0.1, 0.15) is 5.78 Å². The van der Waals surface area contributed by atoms with Gasteiger partial charge >= 0.3 is 13.1 Å². The molecule has 1 amide bonds. The molecule has 1 fully saturated rings. The van der Waals surface area contributed by atoms with Gasteiger partial charge in [0.25, 0.3) is 5.91 Å².